The highest BCUT2D eigenvalue weighted by Gasteiger charge is 2.03. The Morgan fingerprint density at radius 3 is 2.20 bits per heavy atom. The van der Waals surface area contributed by atoms with Gasteiger partial charge in [0.1, 0.15) is 0 Å². The number of ether oxygens (including phenoxy) is 1. The van der Waals surface area contributed by atoms with Crippen LogP contribution in [0.4, 0.5) is 0 Å². The zero-order valence-electron chi connectivity index (χ0n) is 7.68. The van der Waals surface area contributed by atoms with E-state index in [1.54, 1.807) is 7.11 Å². The molecule has 1 atom stereocenters. The van der Waals surface area contributed by atoms with Gasteiger partial charge in [0.05, 0.1) is 0 Å². The average molecular weight is 144 g/mol. The molecule has 1 nitrogen and oxygen atoms in total. The van der Waals surface area contributed by atoms with Crippen LogP contribution in [0.3, 0.4) is 0 Å². The maximum Gasteiger partial charge on any atom is 0.0464 e. The van der Waals surface area contributed by atoms with Crippen LogP contribution < -0.4 is 0 Å². The maximum absolute atomic E-state index is 4.99. The van der Waals surface area contributed by atoms with Crippen LogP contribution in [0.15, 0.2) is 0 Å². The molecule has 0 aliphatic carbocycles. The zero-order valence-corrected chi connectivity index (χ0v) is 7.68. The molecule has 0 aromatic heterocycles. The van der Waals surface area contributed by atoms with E-state index in [4.69, 9.17) is 4.74 Å². The van der Waals surface area contributed by atoms with Crippen molar-refractivity contribution in [3.63, 3.8) is 0 Å². The molecular weight excluding hydrogens is 124 g/mol. The molecule has 0 heterocycles. The molecule has 1 heteroatoms. The lowest BCUT2D eigenvalue weighted by Crippen LogP contribution is -2.03. The Morgan fingerprint density at radius 1 is 1.20 bits per heavy atom. The van der Waals surface area contributed by atoms with E-state index in [0.717, 1.165) is 18.4 Å². The molecule has 0 aromatic rings. The average Bonchev–Trinajstić information content (AvgIpc) is 1.82. The first-order valence-corrected chi connectivity index (χ1v) is 4.15. The van der Waals surface area contributed by atoms with E-state index in [2.05, 4.69) is 20.8 Å². The monoisotopic (exact) mass is 144 g/mol. The van der Waals surface area contributed by atoms with Crippen LogP contribution in [0, 0.1) is 11.8 Å². The molecule has 1 unspecified atom stereocenters. The summed E-state index contributed by atoms with van der Waals surface area (Å²) in [5, 5.41) is 0. The third kappa shape index (κ3) is 6.09. The molecule has 0 radical (unpaired) electrons. The van der Waals surface area contributed by atoms with Crippen molar-refractivity contribution in [2.24, 2.45) is 11.8 Å². The van der Waals surface area contributed by atoms with Gasteiger partial charge >= 0.3 is 0 Å². The van der Waals surface area contributed by atoms with Crippen molar-refractivity contribution in [3.05, 3.63) is 0 Å². The van der Waals surface area contributed by atoms with Crippen molar-refractivity contribution in [3.8, 4) is 0 Å². The topological polar surface area (TPSA) is 9.23 Å². The van der Waals surface area contributed by atoms with Crippen molar-refractivity contribution in [2.75, 3.05) is 13.7 Å². The fraction of sp³-hybridized carbons (Fsp3) is 1.00. The predicted octanol–water partition coefficient (Wildman–Crippen LogP) is 2.71. The highest BCUT2D eigenvalue weighted by Crippen LogP contribution is 2.13. The number of rotatable bonds is 5. The minimum atomic E-state index is 0.819. The van der Waals surface area contributed by atoms with Crippen LogP contribution in [0.2, 0.25) is 0 Å². The van der Waals surface area contributed by atoms with Gasteiger partial charge in [-0.15, -0.1) is 0 Å². The molecule has 0 aromatic carbocycles. The minimum Gasteiger partial charge on any atom is -0.385 e. The molecule has 0 saturated carbocycles. The van der Waals surface area contributed by atoms with Crippen molar-refractivity contribution in [1.82, 2.24) is 0 Å². The number of hydrogen-bond donors (Lipinski definition) is 0. The summed E-state index contributed by atoms with van der Waals surface area (Å²) in [6.45, 7) is 7.74. The first-order valence-electron chi connectivity index (χ1n) is 4.15. The van der Waals surface area contributed by atoms with E-state index >= 15 is 0 Å². The number of hydrogen-bond acceptors (Lipinski definition) is 1. The van der Waals surface area contributed by atoms with Gasteiger partial charge in [0.15, 0.2) is 0 Å². The molecule has 0 rings (SSSR count). The van der Waals surface area contributed by atoms with Gasteiger partial charge in [-0.3, -0.25) is 0 Å². The van der Waals surface area contributed by atoms with Crippen molar-refractivity contribution >= 4 is 0 Å². The summed E-state index contributed by atoms with van der Waals surface area (Å²) in [7, 11) is 1.77. The van der Waals surface area contributed by atoms with Crippen LogP contribution in [0.1, 0.15) is 33.6 Å². The van der Waals surface area contributed by atoms with Gasteiger partial charge in [-0.05, 0) is 24.7 Å². The highest BCUT2D eigenvalue weighted by molar-refractivity contribution is 4.54. The standard InChI is InChI=1S/C9H20O/c1-8(2)7-9(3)5-6-10-4/h8-9H,5-7H2,1-4H3. The molecule has 0 aliphatic rings. The van der Waals surface area contributed by atoms with Crippen molar-refractivity contribution < 1.29 is 4.74 Å². The molecule has 0 bridgehead atoms. The smallest absolute Gasteiger partial charge is 0.0464 e. The second-order valence-corrected chi connectivity index (χ2v) is 3.52. The molecule has 62 valence electrons. The summed E-state index contributed by atoms with van der Waals surface area (Å²) in [5.74, 6) is 1.65. The molecule has 0 spiro atoms. The van der Waals surface area contributed by atoms with Gasteiger partial charge in [0.2, 0.25) is 0 Å². The van der Waals surface area contributed by atoms with Gasteiger partial charge in [-0.25, -0.2) is 0 Å². The first-order chi connectivity index (χ1) is 4.66. The summed E-state index contributed by atoms with van der Waals surface area (Å²) in [5.41, 5.74) is 0. The van der Waals surface area contributed by atoms with Crippen LogP contribution in [0.25, 0.3) is 0 Å². The van der Waals surface area contributed by atoms with Crippen molar-refractivity contribution in [2.45, 2.75) is 33.6 Å². The Morgan fingerprint density at radius 2 is 1.80 bits per heavy atom. The highest BCUT2D eigenvalue weighted by atomic mass is 16.5. The second-order valence-electron chi connectivity index (χ2n) is 3.52. The fourth-order valence-electron chi connectivity index (χ4n) is 1.24. The van der Waals surface area contributed by atoms with E-state index in [9.17, 15) is 0 Å². The van der Waals surface area contributed by atoms with Crippen LogP contribution in [-0.2, 0) is 4.74 Å². The van der Waals surface area contributed by atoms with Crippen LogP contribution in [-0.4, -0.2) is 13.7 Å². The predicted molar refractivity (Wildman–Crippen MR) is 45.1 cm³/mol. The molecule has 0 fully saturated rings. The Balaban J connectivity index is 3.16. The normalized spacial score (nSPS) is 14.1. The zero-order chi connectivity index (χ0) is 7.98. The van der Waals surface area contributed by atoms with E-state index in [1.807, 2.05) is 0 Å². The fourth-order valence-corrected chi connectivity index (χ4v) is 1.24. The Bertz CT molecular complexity index is 69.1. The lowest BCUT2D eigenvalue weighted by molar-refractivity contribution is 0.175. The van der Waals surface area contributed by atoms with Gasteiger partial charge in [-0.1, -0.05) is 20.8 Å². The van der Waals surface area contributed by atoms with Crippen LogP contribution >= 0.6 is 0 Å². The Hall–Kier alpha value is -0.0400. The molecule has 0 amide bonds. The van der Waals surface area contributed by atoms with Gasteiger partial charge < -0.3 is 4.74 Å². The minimum absolute atomic E-state index is 0.819. The summed E-state index contributed by atoms with van der Waals surface area (Å²) < 4.78 is 4.99. The second kappa shape index (κ2) is 5.72. The maximum atomic E-state index is 4.99. The first kappa shape index (κ1) is 9.96. The quantitative estimate of drug-likeness (QED) is 0.576. The van der Waals surface area contributed by atoms with Gasteiger partial charge in [0.25, 0.3) is 0 Å². The third-order valence-electron chi connectivity index (χ3n) is 1.69. The number of methoxy groups -OCH3 is 1. The Kier molecular flexibility index (Phi) is 5.70. The van der Waals surface area contributed by atoms with Crippen molar-refractivity contribution in [1.29, 1.82) is 0 Å². The lowest BCUT2D eigenvalue weighted by Gasteiger charge is -2.12. The molecule has 0 N–H and O–H groups in total. The summed E-state index contributed by atoms with van der Waals surface area (Å²) >= 11 is 0. The van der Waals surface area contributed by atoms with E-state index in [-0.39, 0.29) is 0 Å². The van der Waals surface area contributed by atoms with E-state index < -0.39 is 0 Å². The SMILES string of the molecule is COCCC(C)CC(C)C. The van der Waals surface area contributed by atoms with Crippen LogP contribution in [0.5, 0.6) is 0 Å². The third-order valence-corrected chi connectivity index (χ3v) is 1.69. The Labute approximate surface area is 64.8 Å². The van der Waals surface area contributed by atoms with E-state index in [1.165, 1.54) is 12.8 Å². The summed E-state index contributed by atoms with van der Waals surface area (Å²) in [6, 6.07) is 0. The molecule has 10 heavy (non-hydrogen) atoms. The lowest BCUT2D eigenvalue weighted by atomic mass is 9.96. The van der Waals surface area contributed by atoms with Gasteiger partial charge in [-0.2, -0.15) is 0 Å². The molecule has 0 aliphatic heterocycles. The van der Waals surface area contributed by atoms with E-state index in [0.29, 0.717) is 0 Å². The van der Waals surface area contributed by atoms with Gasteiger partial charge in [0, 0.05) is 13.7 Å². The molecular formula is C9H20O. The molecule has 0 saturated heterocycles. The largest absolute Gasteiger partial charge is 0.385 e. The summed E-state index contributed by atoms with van der Waals surface area (Å²) in [4.78, 5) is 0. The summed E-state index contributed by atoms with van der Waals surface area (Å²) in [6.07, 6.45) is 2.53.